The number of fused-ring (bicyclic) bond motifs is 5. The van der Waals surface area contributed by atoms with Crippen molar-refractivity contribution >= 4 is 27.4 Å². The highest BCUT2D eigenvalue weighted by atomic mass is 32.2. The molecule has 2 aromatic rings. The van der Waals surface area contributed by atoms with Crippen LogP contribution in [-0.4, -0.2) is 43.4 Å². The van der Waals surface area contributed by atoms with E-state index in [0.29, 0.717) is 30.2 Å². The van der Waals surface area contributed by atoms with E-state index in [-0.39, 0.29) is 45.0 Å². The molecule has 9 heteroatoms. The summed E-state index contributed by atoms with van der Waals surface area (Å²) in [6.07, 6.45) is 7.48. The second kappa shape index (κ2) is 12.0. The Balaban J connectivity index is 1.10. The summed E-state index contributed by atoms with van der Waals surface area (Å²) >= 11 is 1.15. The van der Waals surface area contributed by atoms with E-state index < -0.39 is 16.1 Å². The Morgan fingerprint density at radius 2 is 1.68 bits per heavy atom. The summed E-state index contributed by atoms with van der Waals surface area (Å²) in [6, 6.07) is 12.2. The van der Waals surface area contributed by atoms with E-state index in [1.807, 2.05) is 30.3 Å². The fourth-order valence-electron chi connectivity index (χ4n) is 10.8. The number of nitrogens with one attached hydrogen (secondary N) is 2. The van der Waals surface area contributed by atoms with Crippen LogP contribution in [-0.2, 0) is 10.0 Å². The van der Waals surface area contributed by atoms with Crippen LogP contribution in [0.1, 0.15) is 79.1 Å². The molecule has 4 aliphatic rings. The van der Waals surface area contributed by atoms with Gasteiger partial charge in [-0.05, 0) is 115 Å². The van der Waals surface area contributed by atoms with E-state index in [1.54, 1.807) is 12.1 Å². The summed E-state index contributed by atoms with van der Waals surface area (Å²) in [4.78, 5) is 13.7. The van der Waals surface area contributed by atoms with Gasteiger partial charge < -0.3 is 15.5 Å². The maximum absolute atomic E-state index is 13.0. The number of sulfonamides is 1. The third-order valence-electron chi connectivity index (χ3n) is 12.9. The summed E-state index contributed by atoms with van der Waals surface area (Å²) in [6.45, 7) is 9.66. The molecule has 4 N–H and O–H groups in total. The van der Waals surface area contributed by atoms with Gasteiger partial charge in [0.25, 0.3) is 10.0 Å². The van der Waals surface area contributed by atoms with Crippen molar-refractivity contribution in [2.75, 3.05) is 6.54 Å². The molecule has 0 saturated heterocycles. The number of amides is 2. The maximum Gasteiger partial charge on any atom is 0.328 e. The largest absolute Gasteiger partial charge is 0.393 e. The Bertz CT molecular complexity index is 1450. The molecule has 3 unspecified atom stereocenters. The molecule has 4 aliphatic carbocycles. The SMILES string of the molecule is CC[C@@H]1C2C[C@H](O)CCC2(C)[C@H]2CCC3(C)[C@@H]([C@H](C)CNC(=O)NS(=O)(=O)c4ccc(-c5ccccc5)s4)CC[C@H]3[C@@H]2[C@@H]1O. The fourth-order valence-corrected chi connectivity index (χ4v) is 13.0. The lowest BCUT2D eigenvalue weighted by Crippen LogP contribution is -2.62. The van der Waals surface area contributed by atoms with Crippen molar-refractivity contribution in [2.45, 2.75) is 95.5 Å². The molecule has 4 saturated carbocycles. The third-order valence-corrected chi connectivity index (χ3v) is 15.8. The first-order valence-corrected chi connectivity index (χ1v) is 19.0. The second-order valence-corrected chi connectivity index (χ2v) is 17.9. The first-order chi connectivity index (χ1) is 20.9. The summed E-state index contributed by atoms with van der Waals surface area (Å²) in [5, 5.41) is 25.3. The van der Waals surface area contributed by atoms with Crippen molar-refractivity contribution in [1.82, 2.24) is 10.0 Å². The molecule has 6 rings (SSSR count). The number of carbonyl (C=O) groups excluding carboxylic acids is 1. The van der Waals surface area contributed by atoms with Crippen molar-refractivity contribution < 1.29 is 23.4 Å². The predicted molar refractivity (Wildman–Crippen MR) is 174 cm³/mol. The number of hydrogen-bond donors (Lipinski definition) is 4. The molecule has 7 nitrogen and oxygen atoms in total. The number of aliphatic hydroxyl groups is 2. The number of carbonyl (C=O) groups is 1. The molecule has 1 aromatic carbocycles. The molecule has 242 valence electrons. The van der Waals surface area contributed by atoms with Gasteiger partial charge in [-0.1, -0.05) is 64.4 Å². The van der Waals surface area contributed by atoms with Gasteiger partial charge in [0.05, 0.1) is 12.2 Å². The summed E-state index contributed by atoms with van der Waals surface area (Å²) in [7, 11) is -3.98. The molecular weight excluding hydrogens is 593 g/mol. The number of rotatable bonds is 7. The Kier molecular flexibility index (Phi) is 8.74. The topological polar surface area (TPSA) is 116 Å². The number of aliphatic hydroxyl groups excluding tert-OH is 2. The average Bonchev–Trinajstić information content (AvgIpc) is 3.63. The van der Waals surface area contributed by atoms with Gasteiger partial charge in [0.15, 0.2) is 0 Å². The van der Waals surface area contributed by atoms with E-state index in [4.69, 9.17) is 0 Å². The Morgan fingerprint density at radius 1 is 0.977 bits per heavy atom. The molecule has 0 radical (unpaired) electrons. The molecule has 44 heavy (non-hydrogen) atoms. The third kappa shape index (κ3) is 5.43. The molecule has 4 fully saturated rings. The van der Waals surface area contributed by atoms with Crippen molar-refractivity contribution in [3.63, 3.8) is 0 Å². The minimum absolute atomic E-state index is 0.0757. The van der Waals surface area contributed by atoms with Crippen LogP contribution in [0.3, 0.4) is 0 Å². The van der Waals surface area contributed by atoms with Crippen LogP contribution in [0.15, 0.2) is 46.7 Å². The van der Waals surface area contributed by atoms with Gasteiger partial charge in [-0.25, -0.2) is 17.9 Å². The zero-order valence-electron chi connectivity index (χ0n) is 26.5. The molecular formula is C35H50N2O5S2. The van der Waals surface area contributed by atoms with Crippen LogP contribution in [0, 0.1) is 52.3 Å². The Labute approximate surface area is 267 Å². The zero-order chi connectivity index (χ0) is 31.4. The van der Waals surface area contributed by atoms with E-state index in [1.165, 1.54) is 0 Å². The first-order valence-electron chi connectivity index (χ1n) is 16.7. The molecule has 0 bridgehead atoms. The Hall–Kier alpha value is -1.94. The second-order valence-electron chi connectivity index (χ2n) is 14.9. The summed E-state index contributed by atoms with van der Waals surface area (Å²) < 4.78 is 28.3. The van der Waals surface area contributed by atoms with Crippen LogP contribution < -0.4 is 10.0 Å². The first kappa shape index (κ1) is 32.0. The number of urea groups is 1. The van der Waals surface area contributed by atoms with E-state index in [0.717, 1.165) is 73.1 Å². The number of benzene rings is 1. The minimum Gasteiger partial charge on any atom is -0.393 e. The Morgan fingerprint density at radius 3 is 2.41 bits per heavy atom. The van der Waals surface area contributed by atoms with E-state index >= 15 is 0 Å². The van der Waals surface area contributed by atoms with Crippen molar-refractivity contribution in [1.29, 1.82) is 0 Å². The van der Waals surface area contributed by atoms with Crippen LogP contribution in [0.4, 0.5) is 4.79 Å². The quantitative estimate of drug-likeness (QED) is 0.270. The van der Waals surface area contributed by atoms with Gasteiger partial charge in [0.1, 0.15) is 4.21 Å². The molecule has 1 heterocycles. The average molecular weight is 643 g/mol. The summed E-state index contributed by atoms with van der Waals surface area (Å²) in [5.74, 6) is 2.38. The molecule has 1 aromatic heterocycles. The van der Waals surface area contributed by atoms with Crippen LogP contribution in [0.25, 0.3) is 10.4 Å². The predicted octanol–water partition coefficient (Wildman–Crippen LogP) is 6.67. The van der Waals surface area contributed by atoms with Crippen LogP contribution in [0.5, 0.6) is 0 Å². The lowest BCUT2D eigenvalue weighted by molar-refractivity contribution is -0.203. The lowest BCUT2D eigenvalue weighted by Gasteiger charge is -2.64. The lowest BCUT2D eigenvalue weighted by atomic mass is 9.41. The molecule has 0 spiro atoms. The molecule has 2 amide bonds. The zero-order valence-corrected chi connectivity index (χ0v) is 28.2. The smallest absolute Gasteiger partial charge is 0.328 e. The highest BCUT2D eigenvalue weighted by Crippen LogP contribution is 2.69. The maximum atomic E-state index is 13.0. The van der Waals surface area contributed by atoms with Gasteiger partial charge in [0.2, 0.25) is 0 Å². The van der Waals surface area contributed by atoms with Crippen molar-refractivity contribution in [3.8, 4) is 10.4 Å². The van der Waals surface area contributed by atoms with Crippen LogP contribution in [0.2, 0.25) is 0 Å². The van der Waals surface area contributed by atoms with Gasteiger partial charge in [-0.3, -0.25) is 0 Å². The highest BCUT2D eigenvalue weighted by molar-refractivity contribution is 7.92. The van der Waals surface area contributed by atoms with Crippen molar-refractivity contribution in [2.24, 2.45) is 52.3 Å². The van der Waals surface area contributed by atoms with Crippen LogP contribution >= 0.6 is 11.3 Å². The van der Waals surface area contributed by atoms with Crippen molar-refractivity contribution in [3.05, 3.63) is 42.5 Å². The monoisotopic (exact) mass is 642 g/mol. The summed E-state index contributed by atoms with van der Waals surface area (Å²) in [5.41, 5.74) is 1.18. The van der Waals surface area contributed by atoms with E-state index in [2.05, 4.69) is 37.7 Å². The van der Waals surface area contributed by atoms with Gasteiger partial charge in [-0.2, -0.15) is 0 Å². The minimum atomic E-state index is -3.98. The van der Waals surface area contributed by atoms with Gasteiger partial charge >= 0.3 is 6.03 Å². The molecule has 0 aliphatic heterocycles. The number of thiophene rings is 1. The standard InChI is InChI=1S/C35H50N2O5S2/c1-5-24-28-19-23(38)15-17-35(28,4)27-16-18-34(3)25(11-12-26(34)31(27)32(24)39)21(2)20-36-33(40)37-44(41,42)30-14-13-29(43-30)22-9-7-6-8-10-22/h6-10,13-14,21,23-28,31-32,38-39H,5,11-12,15-20H2,1-4H3,(H2,36,37,40)/t21-,23-,24-,25-,26+,27+,28?,31+,32-,34?,35?/m1/s1. The fraction of sp³-hybridized carbons (Fsp3) is 0.686. The molecule has 11 atom stereocenters. The normalized spacial score (nSPS) is 39.0. The number of hydrogen-bond acceptors (Lipinski definition) is 6. The van der Waals surface area contributed by atoms with E-state index in [9.17, 15) is 23.4 Å². The van der Waals surface area contributed by atoms with Gasteiger partial charge in [-0.15, -0.1) is 11.3 Å². The highest BCUT2D eigenvalue weighted by Gasteiger charge is 2.64. The van der Waals surface area contributed by atoms with Gasteiger partial charge in [0, 0.05) is 11.4 Å².